The summed E-state index contributed by atoms with van der Waals surface area (Å²) in [6.07, 6.45) is -1.72. The van der Waals surface area contributed by atoms with Crippen LogP contribution < -0.4 is 4.72 Å². The third-order valence-electron chi connectivity index (χ3n) is 1.75. The monoisotopic (exact) mass is 265 g/mol. The zero-order chi connectivity index (χ0) is 12.2. The molecule has 3 N–H and O–H groups in total. The fraction of sp³-hybridized carbons (Fsp3) is 0.375. The first-order valence-corrected chi connectivity index (χ1v) is 6.74. The third-order valence-corrected chi connectivity index (χ3v) is 4.61. The molecule has 0 aromatic carbocycles. The van der Waals surface area contributed by atoms with Gasteiger partial charge in [-0.05, 0) is 17.9 Å². The smallest absolute Gasteiger partial charge is 0.332 e. The van der Waals surface area contributed by atoms with Gasteiger partial charge in [0.2, 0.25) is 10.0 Å². The summed E-state index contributed by atoms with van der Waals surface area (Å²) in [5.41, 5.74) is 0. The summed E-state index contributed by atoms with van der Waals surface area (Å²) in [5, 5.41) is 18.9. The molecule has 0 aliphatic heterocycles. The number of aliphatic hydroxyl groups excluding tert-OH is 1. The van der Waals surface area contributed by atoms with Gasteiger partial charge in [0.15, 0.2) is 6.10 Å². The van der Waals surface area contributed by atoms with Crippen molar-refractivity contribution in [2.24, 2.45) is 0 Å². The van der Waals surface area contributed by atoms with Crippen LogP contribution >= 0.6 is 11.3 Å². The molecule has 0 amide bonds. The van der Waals surface area contributed by atoms with Crippen LogP contribution in [0, 0.1) is 0 Å². The molecule has 1 rings (SSSR count). The Bertz CT molecular complexity index is 439. The lowest BCUT2D eigenvalue weighted by atomic mass is 10.3. The first kappa shape index (κ1) is 13.1. The number of hydrogen-bond acceptors (Lipinski definition) is 5. The molecule has 6 nitrogen and oxygen atoms in total. The molecule has 1 unspecified atom stereocenters. The average Bonchev–Trinajstić information content (AvgIpc) is 2.70. The molecule has 1 aromatic rings. The molecule has 1 heterocycles. The topological polar surface area (TPSA) is 104 Å². The van der Waals surface area contributed by atoms with Crippen molar-refractivity contribution in [3.63, 3.8) is 0 Å². The maximum atomic E-state index is 11.5. The maximum absolute atomic E-state index is 11.5. The number of carboxylic acids is 1. The summed E-state index contributed by atoms with van der Waals surface area (Å²) in [5.74, 6) is -1.37. The van der Waals surface area contributed by atoms with Crippen molar-refractivity contribution in [2.75, 3.05) is 6.54 Å². The molecule has 0 saturated heterocycles. The fourth-order valence-electron chi connectivity index (χ4n) is 0.941. The maximum Gasteiger partial charge on any atom is 0.332 e. The number of sulfonamides is 1. The summed E-state index contributed by atoms with van der Waals surface area (Å²) in [6.45, 7) is -0.117. The van der Waals surface area contributed by atoms with Crippen LogP contribution in [-0.4, -0.2) is 37.2 Å². The molecule has 1 aromatic heterocycles. The second-order valence-electron chi connectivity index (χ2n) is 2.97. The van der Waals surface area contributed by atoms with E-state index in [0.717, 1.165) is 11.3 Å². The van der Waals surface area contributed by atoms with Gasteiger partial charge in [0.05, 0.1) is 0 Å². The largest absolute Gasteiger partial charge is 0.479 e. The summed E-state index contributed by atoms with van der Waals surface area (Å²) in [6, 6.07) is 3.05. The minimum absolute atomic E-state index is 0.117. The average molecular weight is 265 g/mol. The first-order valence-electron chi connectivity index (χ1n) is 4.37. The van der Waals surface area contributed by atoms with Crippen LogP contribution in [0.3, 0.4) is 0 Å². The lowest BCUT2D eigenvalue weighted by Gasteiger charge is -2.06. The van der Waals surface area contributed by atoms with Gasteiger partial charge in [-0.1, -0.05) is 6.07 Å². The highest BCUT2D eigenvalue weighted by molar-refractivity contribution is 7.91. The Labute approximate surface area is 96.6 Å². The minimum atomic E-state index is -3.57. The summed E-state index contributed by atoms with van der Waals surface area (Å²) in [7, 11) is -3.57. The highest BCUT2D eigenvalue weighted by Crippen LogP contribution is 2.15. The molecule has 8 heteroatoms. The molecule has 0 bridgehead atoms. The van der Waals surface area contributed by atoms with Crippen LogP contribution in [0.1, 0.15) is 6.42 Å². The van der Waals surface area contributed by atoms with Gasteiger partial charge in [-0.3, -0.25) is 0 Å². The van der Waals surface area contributed by atoms with Gasteiger partial charge in [0.25, 0.3) is 0 Å². The molecular formula is C8H11NO5S2. The van der Waals surface area contributed by atoms with Crippen molar-refractivity contribution in [2.45, 2.75) is 16.7 Å². The normalized spacial score (nSPS) is 13.6. The van der Waals surface area contributed by atoms with E-state index in [1.54, 1.807) is 11.4 Å². The fourth-order valence-corrected chi connectivity index (χ4v) is 3.03. The number of carboxylic acid groups (broad SMARTS) is 1. The molecule has 1 atom stereocenters. The standard InChI is InChI=1S/C8H11NO5S2/c10-6(8(11)12)3-4-9-16(13,14)7-2-1-5-15-7/h1-2,5-6,9-10H,3-4H2,(H,11,12). The number of thiophene rings is 1. The summed E-state index contributed by atoms with van der Waals surface area (Å²) >= 11 is 1.07. The Morgan fingerprint density at radius 2 is 2.25 bits per heavy atom. The van der Waals surface area contributed by atoms with Crippen LogP contribution in [0.2, 0.25) is 0 Å². The Morgan fingerprint density at radius 3 is 2.75 bits per heavy atom. The molecule has 0 spiro atoms. The van der Waals surface area contributed by atoms with Crippen LogP contribution in [-0.2, 0) is 14.8 Å². The van der Waals surface area contributed by atoms with Crippen molar-refractivity contribution in [3.05, 3.63) is 17.5 Å². The molecule has 0 aliphatic carbocycles. The van der Waals surface area contributed by atoms with Crippen LogP contribution in [0.15, 0.2) is 21.7 Å². The Morgan fingerprint density at radius 1 is 1.56 bits per heavy atom. The van der Waals surface area contributed by atoms with Crippen LogP contribution in [0.4, 0.5) is 0 Å². The quantitative estimate of drug-likeness (QED) is 0.664. The molecule has 90 valence electrons. The second-order valence-corrected chi connectivity index (χ2v) is 5.91. The number of hydrogen-bond donors (Lipinski definition) is 3. The SMILES string of the molecule is O=C(O)C(O)CCNS(=O)(=O)c1cccs1. The van der Waals surface area contributed by atoms with Gasteiger partial charge in [0, 0.05) is 6.54 Å². The number of nitrogens with one attached hydrogen (secondary N) is 1. The molecule has 0 saturated carbocycles. The summed E-state index contributed by atoms with van der Waals surface area (Å²) in [4.78, 5) is 10.3. The number of rotatable bonds is 6. The van der Waals surface area contributed by atoms with Crippen molar-refractivity contribution < 1.29 is 23.4 Å². The van der Waals surface area contributed by atoms with Gasteiger partial charge in [-0.25, -0.2) is 17.9 Å². The Hall–Kier alpha value is -0.960. The van der Waals surface area contributed by atoms with Crippen molar-refractivity contribution in [1.82, 2.24) is 4.72 Å². The predicted octanol–water partition coefficient (Wildman–Crippen LogP) is -0.138. The van der Waals surface area contributed by atoms with E-state index in [4.69, 9.17) is 10.2 Å². The molecule has 0 aliphatic rings. The Balaban J connectivity index is 2.47. The van der Waals surface area contributed by atoms with E-state index in [-0.39, 0.29) is 17.2 Å². The lowest BCUT2D eigenvalue weighted by molar-refractivity contribution is -0.146. The van der Waals surface area contributed by atoms with Gasteiger partial charge in [-0.2, -0.15) is 0 Å². The van der Waals surface area contributed by atoms with Crippen molar-refractivity contribution in [1.29, 1.82) is 0 Å². The number of carbonyl (C=O) groups is 1. The van der Waals surface area contributed by atoms with E-state index in [1.165, 1.54) is 6.07 Å². The molecule has 0 fully saturated rings. The summed E-state index contributed by atoms with van der Waals surface area (Å²) < 4.78 is 25.4. The minimum Gasteiger partial charge on any atom is -0.479 e. The van der Waals surface area contributed by atoms with Crippen LogP contribution in [0.5, 0.6) is 0 Å². The van der Waals surface area contributed by atoms with Gasteiger partial charge >= 0.3 is 5.97 Å². The van der Waals surface area contributed by atoms with E-state index in [1.807, 2.05) is 0 Å². The van der Waals surface area contributed by atoms with Gasteiger partial charge in [-0.15, -0.1) is 11.3 Å². The van der Waals surface area contributed by atoms with Gasteiger partial charge < -0.3 is 10.2 Å². The van der Waals surface area contributed by atoms with Crippen LogP contribution in [0.25, 0.3) is 0 Å². The lowest BCUT2D eigenvalue weighted by Crippen LogP contribution is -2.29. The predicted molar refractivity (Wildman–Crippen MR) is 57.8 cm³/mol. The highest BCUT2D eigenvalue weighted by atomic mass is 32.2. The number of aliphatic carboxylic acids is 1. The molecule has 16 heavy (non-hydrogen) atoms. The molecule has 0 radical (unpaired) electrons. The van der Waals surface area contributed by atoms with E-state index in [2.05, 4.69) is 4.72 Å². The third kappa shape index (κ3) is 3.56. The van der Waals surface area contributed by atoms with Crippen molar-refractivity contribution in [3.8, 4) is 0 Å². The van der Waals surface area contributed by atoms with E-state index < -0.39 is 22.1 Å². The highest BCUT2D eigenvalue weighted by Gasteiger charge is 2.17. The van der Waals surface area contributed by atoms with E-state index in [9.17, 15) is 13.2 Å². The van der Waals surface area contributed by atoms with Crippen molar-refractivity contribution >= 4 is 27.3 Å². The Kier molecular flexibility index (Phi) is 4.42. The second kappa shape index (κ2) is 5.39. The molecular weight excluding hydrogens is 254 g/mol. The zero-order valence-corrected chi connectivity index (χ0v) is 9.79. The van der Waals surface area contributed by atoms with E-state index in [0.29, 0.717) is 0 Å². The first-order chi connectivity index (χ1) is 7.43. The van der Waals surface area contributed by atoms with E-state index >= 15 is 0 Å². The zero-order valence-electron chi connectivity index (χ0n) is 8.16. The van der Waals surface area contributed by atoms with Gasteiger partial charge in [0.1, 0.15) is 4.21 Å². The number of aliphatic hydroxyl groups is 1.